The van der Waals surface area contributed by atoms with Gasteiger partial charge in [-0.15, -0.1) is 0 Å². The van der Waals surface area contributed by atoms with E-state index in [1.165, 1.54) is 33.2 Å². The second kappa shape index (κ2) is 8.36. The summed E-state index contributed by atoms with van der Waals surface area (Å²) in [6.45, 7) is 6.27. The lowest BCUT2D eigenvalue weighted by atomic mass is 9.75. The summed E-state index contributed by atoms with van der Waals surface area (Å²) in [6, 6.07) is 12.2. The Hall–Kier alpha value is -2.66. The van der Waals surface area contributed by atoms with Crippen LogP contribution in [-0.4, -0.2) is 46.3 Å². The molecule has 5 rings (SSSR count). The molecule has 0 bridgehead atoms. The molecule has 2 N–H and O–H groups in total. The van der Waals surface area contributed by atoms with Crippen LogP contribution in [0.15, 0.2) is 42.6 Å². The van der Waals surface area contributed by atoms with Gasteiger partial charge in [0, 0.05) is 29.7 Å². The molecule has 32 heavy (non-hydrogen) atoms. The van der Waals surface area contributed by atoms with Crippen LogP contribution in [0.3, 0.4) is 0 Å². The zero-order valence-corrected chi connectivity index (χ0v) is 18.8. The largest absolute Gasteiger partial charge is 0.478 e. The Balaban J connectivity index is 1.46. The molecular weight excluding hydrogens is 403 g/mol. The summed E-state index contributed by atoms with van der Waals surface area (Å²) in [5.74, 6) is -0.130. The Morgan fingerprint density at radius 2 is 1.91 bits per heavy atom. The van der Waals surface area contributed by atoms with Crippen LogP contribution in [0, 0.1) is 19.8 Å². The average Bonchev–Trinajstić information content (AvgIpc) is 3.25. The quantitative estimate of drug-likeness (QED) is 0.547. The lowest BCUT2D eigenvalue weighted by molar-refractivity contribution is 0.0229. The number of carbonyl (C=O) groups is 1. The monoisotopic (exact) mass is 434 g/mol. The number of nitrogens with one attached hydrogen (secondary N) is 1. The van der Waals surface area contributed by atoms with E-state index in [1.807, 2.05) is 18.3 Å². The zero-order chi connectivity index (χ0) is 22.4. The zero-order valence-electron chi connectivity index (χ0n) is 18.8. The van der Waals surface area contributed by atoms with Gasteiger partial charge in [-0.2, -0.15) is 0 Å². The van der Waals surface area contributed by atoms with Crippen molar-refractivity contribution in [3.05, 3.63) is 70.4 Å². The summed E-state index contributed by atoms with van der Waals surface area (Å²) < 4.78 is 13.5. The van der Waals surface area contributed by atoms with Crippen LogP contribution < -0.4 is 0 Å². The highest BCUT2D eigenvalue weighted by molar-refractivity contribution is 5.88. The minimum atomic E-state index is -0.896. The van der Waals surface area contributed by atoms with Gasteiger partial charge in [-0.25, -0.2) is 9.18 Å². The number of aromatic carboxylic acids is 1. The summed E-state index contributed by atoms with van der Waals surface area (Å²) in [5.41, 5.74) is 6.74. The number of nitrogens with zero attached hydrogens (tertiary/aromatic N) is 1. The summed E-state index contributed by atoms with van der Waals surface area (Å²) in [7, 11) is 0. The molecule has 1 saturated carbocycles. The molecule has 3 aromatic rings. The van der Waals surface area contributed by atoms with Crippen molar-refractivity contribution in [2.75, 3.05) is 13.1 Å². The number of H-pyrrole nitrogens is 1. The van der Waals surface area contributed by atoms with Gasteiger partial charge in [-0.3, -0.25) is 4.90 Å². The number of rotatable bonds is 5. The van der Waals surface area contributed by atoms with E-state index in [-0.39, 0.29) is 0 Å². The first-order valence-electron chi connectivity index (χ1n) is 11.7. The van der Waals surface area contributed by atoms with Crippen molar-refractivity contribution in [2.45, 2.75) is 57.7 Å². The molecule has 0 radical (unpaired) electrons. The van der Waals surface area contributed by atoms with Crippen LogP contribution in [0.25, 0.3) is 10.9 Å². The number of fused-ring (bicyclic) bond motifs is 1. The molecule has 1 aliphatic carbocycles. The Bertz CT molecular complexity index is 1130. The van der Waals surface area contributed by atoms with Crippen LogP contribution >= 0.6 is 0 Å². The van der Waals surface area contributed by atoms with Gasteiger partial charge in [0.15, 0.2) is 0 Å². The Labute approximate surface area is 188 Å². The van der Waals surface area contributed by atoms with E-state index in [9.17, 15) is 14.3 Å². The van der Waals surface area contributed by atoms with Gasteiger partial charge in [0.2, 0.25) is 0 Å². The smallest absolute Gasteiger partial charge is 0.335 e. The third kappa shape index (κ3) is 3.83. The molecule has 2 aromatic carbocycles. The van der Waals surface area contributed by atoms with Crippen molar-refractivity contribution in [1.29, 1.82) is 0 Å². The molecule has 168 valence electrons. The van der Waals surface area contributed by atoms with Crippen molar-refractivity contribution in [3.8, 4) is 0 Å². The molecule has 1 aliphatic heterocycles. The van der Waals surface area contributed by atoms with Crippen molar-refractivity contribution >= 4 is 16.9 Å². The van der Waals surface area contributed by atoms with Gasteiger partial charge in [0.25, 0.3) is 0 Å². The Morgan fingerprint density at radius 3 is 2.59 bits per heavy atom. The summed E-state index contributed by atoms with van der Waals surface area (Å²) >= 11 is 0. The molecule has 1 saturated heterocycles. The number of aryl methyl sites for hydroxylation is 2. The third-order valence-electron chi connectivity index (χ3n) is 7.79. The first-order chi connectivity index (χ1) is 15.4. The number of carboxylic acid groups (broad SMARTS) is 1. The SMILES string of the molecule is Cc1cc(C)c2[nH]ccc2c1C[C@@H]1CCN(C2CC(F)C2)C[C@H]1c1ccc(C(=O)O)cc1. The molecule has 5 heteroatoms. The minimum absolute atomic E-state index is 0.306. The number of hydrogen-bond acceptors (Lipinski definition) is 2. The fourth-order valence-corrected chi connectivity index (χ4v) is 5.85. The number of alkyl halides is 1. The van der Waals surface area contributed by atoms with Crippen molar-refractivity contribution < 1.29 is 14.3 Å². The number of benzene rings is 2. The Morgan fingerprint density at radius 1 is 1.16 bits per heavy atom. The molecule has 0 spiro atoms. The van der Waals surface area contributed by atoms with E-state index in [2.05, 4.69) is 35.9 Å². The first kappa shape index (κ1) is 21.2. The predicted molar refractivity (Wildman–Crippen MR) is 125 cm³/mol. The van der Waals surface area contributed by atoms with Crippen LogP contribution in [0.1, 0.15) is 57.8 Å². The number of aromatic amines is 1. The molecular formula is C27H31FN2O2. The summed E-state index contributed by atoms with van der Waals surface area (Å²) in [6.07, 6.45) is 4.74. The van der Waals surface area contributed by atoms with Gasteiger partial charge >= 0.3 is 5.97 Å². The lowest BCUT2D eigenvalue weighted by Crippen LogP contribution is -2.51. The number of piperidine rings is 1. The summed E-state index contributed by atoms with van der Waals surface area (Å²) in [4.78, 5) is 17.2. The fraction of sp³-hybridized carbons (Fsp3) is 0.444. The van der Waals surface area contributed by atoms with Crippen molar-refractivity contribution in [3.63, 3.8) is 0 Å². The van der Waals surface area contributed by atoms with E-state index >= 15 is 0 Å². The van der Waals surface area contributed by atoms with Gasteiger partial charge in [0.05, 0.1) is 5.56 Å². The van der Waals surface area contributed by atoms with E-state index in [0.717, 1.165) is 25.9 Å². The van der Waals surface area contributed by atoms with E-state index in [0.29, 0.717) is 36.3 Å². The molecule has 2 aliphatic rings. The normalized spacial score (nSPS) is 26.2. The highest BCUT2D eigenvalue weighted by Gasteiger charge is 2.39. The van der Waals surface area contributed by atoms with Crippen molar-refractivity contribution in [1.82, 2.24) is 9.88 Å². The van der Waals surface area contributed by atoms with Gasteiger partial charge < -0.3 is 10.1 Å². The van der Waals surface area contributed by atoms with E-state index in [1.54, 1.807) is 12.1 Å². The number of halogens is 1. The van der Waals surface area contributed by atoms with Crippen LogP contribution in [0.2, 0.25) is 0 Å². The topological polar surface area (TPSA) is 56.3 Å². The van der Waals surface area contributed by atoms with Crippen LogP contribution in [0.5, 0.6) is 0 Å². The number of aromatic nitrogens is 1. The predicted octanol–water partition coefficient (Wildman–Crippen LogP) is 5.63. The second-order valence-electron chi connectivity index (χ2n) is 9.76. The number of carboxylic acids is 1. The first-order valence-corrected chi connectivity index (χ1v) is 11.7. The molecule has 2 heterocycles. The highest BCUT2D eigenvalue weighted by atomic mass is 19.1. The standard InChI is InChI=1S/C27H31FN2O2/c1-16-11-17(2)26-23(7-9-29-26)24(16)12-20-8-10-30(22-13-21(28)14-22)15-25(20)18-3-5-19(6-4-18)27(31)32/h3-7,9,11,20-22,25,29H,8,10,12-15H2,1-2H3,(H,31,32)/t20-,21?,22?,25-/m0/s1. The molecule has 2 atom stereocenters. The maximum Gasteiger partial charge on any atom is 0.335 e. The molecule has 2 fully saturated rings. The second-order valence-corrected chi connectivity index (χ2v) is 9.76. The minimum Gasteiger partial charge on any atom is -0.478 e. The highest BCUT2D eigenvalue weighted by Crippen LogP contribution is 2.40. The van der Waals surface area contributed by atoms with Gasteiger partial charge in [-0.05, 0) is 98.4 Å². The van der Waals surface area contributed by atoms with E-state index in [4.69, 9.17) is 0 Å². The number of likely N-dealkylation sites (tertiary alicyclic amines) is 1. The third-order valence-corrected chi connectivity index (χ3v) is 7.79. The number of hydrogen-bond donors (Lipinski definition) is 2. The fourth-order valence-electron chi connectivity index (χ4n) is 5.85. The molecule has 0 unspecified atom stereocenters. The lowest BCUT2D eigenvalue weighted by Gasteiger charge is -2.46. The van der Waals surface area contributed by atoms with Crippen LogP contribution in [-0.2, 0) is 6.42 Å². The Kier molecular flexibility index (Phi) is 5.54. The maximum atomic E-state index is 13.5. The van der Waals surface area contributed by atoms with Gasteiger partial charge in [0.1, 0.15) is 6.17 Å². The maximum absolute atomic E-state index is 13.5. The van der Waals surface area contributed by atoms with Gasteiger partial charge in [-0.1, -0.05) is 18.2 Å². The molecule has 0 amide bonds. The van der Waals surface area contributed by atoms with Crippen LogP contribution in [0.4, 0.5) is 4.39 Å². The molecule has 4 nitrogen and oxygen atoms in total. The summed E-state index contributed by atoms with van der Waals surface area (Å²) in [5, 5.41) is 10.6. The average molecular weight is 435 g/mol. The van der Waals surface area contributed by atoms with Crippen molar-refractivity contribution in [2.24, 2.45) is 5.92 Å². The van der Waals surface area contributed by atoms with E-state index < -0.39 is 12.1 Å². The molecule has 1 aromatic heterocycles.